The minimum absolute atomic E-state index is 0.220. The lowest BCUT2D eigenvalue weighted by atomic mass is 10.1. The van der Waals surface area contributed by atoms with E-state index in [0.717, 1.165) is 11.6 Å². The van der Waals surface area contributed by atoms with Crippen molar-refractivity contribution in [2.24, 2.45) is 0 Å². The predicted octanol–water partition coefficient (Wildman–Crippen LogP) is 4.07. The van der Waals surface area contributed by atoms with Crippen molar-refractivity contribution in [3.05, 3.63) is 59.2 Å². The summed E-state index contributed by atoms with van der Waals surface area (Å²) in [6.07, 6.45) is -1.08. The van der Waals surface area contributed by atoms with E-state index in [1.54, 1.807) is 40.2 Å². The summed E-state index contributed by atoms with van der Waals surface area (Å²) < 4.78 is 47.0. The van der Waals surface area contributed by atoms with Crippen molar-refractivity contribution >= 4 is 17.9 Å². The molecule has 0 unspecified atom stereocenters. The number of benzene rings is 1. The van der Waals surface area contributed by atoms with E-state index in [1.165, 1.54) is 12.1 Å². The highest BCUT2D eigenvalue weighted by Crippen LogP contribution is 2.36. The molecule has 3 aromatic rings. The number of nitrogens with zero attached hydrogens (tertiary/aromatic N) is 5. The molecule has 0 aliphatic carbocycles. The first-order valence-corrected chi connectivity index (χ1v) is 9.44. The molecule has 10 heteroatoms. The molecule has 0 N–H and O–H groups in total. The Kier molecular flexibility index (Phi) is 5.37. The van der Waals surface area contributed by atoms with Gasteiger partial charge in [-0.1, -0.05) is 12.1 Å². The summed E-state index contributed by atoms with van der Waals surface area (Å²) in [6.45, 7) is 2.56. The second-order valence-electron chi connectivity index (χ2n) is 6.67. The highest BCUT2D eigenvalue weighted by molar-refractivity contribution is 7.71. The van der Waals surface area contributed by atoms with Gasteiger partial charge in [-0.15, -0.1) is 5.10 Å². The van der Waals surface area contributed by atoms with E-state index in [1.807, 2.05) is 0 Å². The van der Waals surface area contributed by atoms with Crippen LogP contribution in [0.5, 0.6) is 0 Å². The summed E-state index contributed by atoms with van der Waals surface area (Å²) in [5, 5.41) is 4.41. The van der Waals surface area contributed by atoms with Gasteiger partial charge in [0.05, 0.1) is 12.2 Å². The zero-order valence-electron chi connectivity index (χ0n) is 15.3. The van der Waals surface area contributed by atoms with E-state index in [0.29, 0.717) is 38.7 Å². The number of hydrogen-bond donors (Lipinski definition) is 0. The highest BCUT2D eigenvalue weighted by Gasteiger charge is 2.35. The first-order valence-electron chi connectivity index (χ1n) is 9.04. The molecule has 152 valence electrons. The first-order chi connectivity index (χ1) is 13.9. The average Bonchev–Trinajstić information content (AvgIpc) is 3.09. The standard InChI is InChI=1S/C19H18F3N5OS/c20-19(21,22)15-3-1-2-4-16(15)26-11-9-25(10-12-26)13-27-18(29)28-17(24-27)14-5-7-23-8-6-14/h1-8H,9-13H2. The predicted molar refractivity (Wildman–Crippen MR) is 104 cm³/mol. The Morgan fingerprint density at radius 2 is 1.69 bits per heavy atom. The summed E-state index contributed by atoms with van der Waals surface area (Å²) in [5.74, 6) is 0.412. The number of aromatic nitrogens is 3. The van der Waals surface area contributed by atoms with Gasteiger partial charge >= 0.3 is 6.18 Å². The second-order valence-corrected chi connectivity index (χ2v) is 7.02. The molecule has 1 aliphatic heterocycles. The lowest BCUT2D eigenvalue weighted by molar-refractivity contribution is -0.137. The molecule has 0 saturated carbocycles. The summed E-state index contributed by atoms with van der Waals surface area (Å²) in [6, 6.07) is 9.25. The van der Waals surface area contributed by atoms with Crippen molar-refractivity contribution in [3.8, 4) is 11.5 Å². The van der Waals surface area contributed by atoms with Crippen molar-refractivity contribution in [1.82, 2.24) is 19.7 Å². The van der Waals surface area contributed by atoms with Crippen LogP contribution in [0, 0.1) is 4.84 Å². The molecule has 29 heavy (non-hydrogen) atoms. The number of hydrogen-bond acceptors (Lipinski definition) is 6. The number of para-hydroxylation sites is 1. The highest BCUT2D eigenvalue weighted by atomic mass is 32.1. The number of piperazine rings is 1. The van der Waals surface area contributed by atoms with Crippen LogP contribution in [-0.2, 0) is 12.8 Å². The van der Waals surface area contributed by atoms with Gasteiger partial charge in [-0.25, -0.2) is 4.68 Å². The van der Waals surface area contributed by atoms with Gasteiger partial charge in [-0.2, -0.15) is 13.2 Å². The number of pyridine rings is 1. The van der Waals surface area contributed by atoms with E-state index >= 15 is 0 Å². The van der Waals surface area contributed by atoms with E-state index in [-0.39, 0.29) is 10.5 Å². The van der Waals surface area contributed by atoms with Crippen LogP contribution < -0.4 is 4.90 Å². The molecule has 0 amide bonds. The normalized spacial score (nSPS) is 15.6. The van der Waals surface area contributed by atoms with Crippen LogP contribution in [0.3, 0.4) is 0 Å². The van der Waals surface area contributed by atoms with Gasteiger partial charge in [0.1, 0.15) is 0 Å². The summed E-state index contributed by atoms with van der Waals surface area (Å²) in [5.41, 5.74) is 0.394. The third-order valence-electron chi connectivity index (χ3n) is 4.79. The van der Waals surface area contributed by atoms with Gasteiger partial charge in [-0.3, -0.25) is 9.88 Å². The Balaban J connectivity index is 1.43. The third kappa shape index (κ3) is 4.33. The van der Waals surface area contributed by atoms with E-state index in [9.17, 15) is 13.2 Å². The Morgan fingerprint density at radius 3 is 2.38 bits per heavy atom. The molecule has 3 heterocycles. The maximum atomic E-state index is 13.3. The zero-order valence-corrected chi connectivity index (χ0v) is 16.2. The van der Waals surface area contributed by atoms with Crippen molar-refractivity contribution < 1.29 is 17.6 Å². The maximum Gasteiger partial charge on any atom is 0.418 e. The van der Waals surface area contributed by atoms with Crippen LogP contribution in [-0.4, -0.2) is 45.8 Å². The number of anilines is 1. The zero-order chi connectivity index (χ0) is 20.4. The van der Waals surface area contributed by atoms with Gasteiger partial charge in [0.25, 0.3) is 4.84 Å². The lowest BCUT2D eigenvalue weighted by Gasteiger charge is -2.36. The van der Waals surface area contributed by atoms with Crippen molar-refractivity contribution in [3.63, 3.8) is 0 Å². The van der Waals surface area contributed by atoms with Crippen LogP contribution in [0.15, 0.2) is 53.2 Å². The Morgan fingerprint density at radius 1 is 1.00 bits per heavy atom. The Labute approximate surface area is 170 Å². The Bertz CT molecular complexity index is 1030. The molecule has 6 nitrogen and oxygen atoms in total. The SMILES string of the molecule is FC(F)(F)c1ccccc1N1CCN(Cn2nc(-c3ccncc3)oc2=S)CC1. The van der Waals surface area contributed by atoms with E-state index < -0.39 is 11.7 Å². The largest absolute Gasteiger partial charge is 0.418 e. The van der Waals surface area contributed by atoms with Crippen LogP contribution in [0.25, 0.3) is 11.5 Å². The molecule has 0 spiro atoms. The maximum absolute atomic E-state index is 13.3. The molecule has 1 aliphatic rings. The average molecular weight is 421 g/mol. The van der Waals surface area contributed by atoms with Crippen LogP contribution in [0.2, 0.25) is 0 Å². The number of rotatable bonds is 4. The molecule has 0 atom stereocenters. The van der Waals surface area contributed by atoms with Crippen LogP contribution in [0.1, 0.15) is 5.56 Å². The monoisotopic (exact) mass is 421 g/mol. The van der Waals surface area contributed by atoms with E-state index in [4.69, 9.17) is 16.6 Å². The molecule has 1 fully saturated rings. The first kappa shape index (κ1) is 19.6. The van der Waals surface area contributed by atoms with Gasteiger partial charge in [-0.05, 0) is 36.5 Å². The molecule has 0 bridgehead atoms. The van der Waals surface area contributed by atoms with Crippen molar-refractivity contribution in [2.75, 3.05) is 31.1 Å². The summed E-state index contributed by atoms with van der Waals surface area (Å²) >= 11 is 5.26. The summed E-state index contributed by atoms with van der Waals surface area (Å²) in [4.78, 5) is 8.07. The van der Waals surface area contributed by atoms with Gasteiger partial charge in [0.15, 0.2) is 0 Å². The molecule has 1 aromatic carbocycles. The second kappa shape index (κ2) is 7.96. The summed E-state index contributed by atoms with van der Waals surface area (Å²) in [7, 11) is 0. The minimum atomic E-state index is -4.37. The third-order valence-corrected chi connectivity index (χ3v) is 5.08. The fraction of sp³-hybridized carbons (Fsp3) is 0.316. The van der Waals surface area contributed by atoms with Gasteiger partial charge in [0.2, 0.25) is 5.89 Å². The quantitative estimate of drug-likeness (QED) is 0.592. The van der Waals surface area contributed by atoms with Crippen LogP contribution in [0.4, 0.5) is 18.9 Å². The molecule has 0 radical (unpaired) electrons. The topological polar surface area (TPSA) is 50.3 Å². The van der Waals surface area contributed by atoms with Gasteiger partial charge < -0.3 is 9.32 Å². The number of alkyl halides is 3. The van der Waals surface area contributed by atoms with Crippen molar-refractivity contribution in [2.45, 2.75) is 12.8 Å². The Hall–Kier alpha value is -2.72. The smallest absolute Gasteiger partial charge is 0.409 e. The van der Waals surface area contributed by atoms with Crippen molar-refractivity contribution in [1.29, 1.82) is 0 Å². The molecule has 4 rings (SSSR count). The van der Waals surface area contributed by atoms with Gasteiger partial charge in [0, 0.05) is 49.8 Å². The lowest BCUT2D eigenvalue weighted by Crippen LogP contribution is -2.47. The number of halogens is 3. The molecule has 2 aromatic heterocycles. The fourth-order valence-corrected chi connectivity index (χ4v) is 3.49. The molecule has 1 saturated heterocycles. The van der Waals surface area contributed by atoms with E-state index in [2.05, 4.69) is 15.0 Å². The van der Waals surface area contributed by atoms with Crippen LogP contribution >= 0.6 is 12.2 Å². The molecular weight excluding hydrogens is 403 g/mol. The fourth-order valence-electron chi connectivity index (χ4n) is 3.32. The minimum Gasteiger partial charge on any atom is -0.409 e. The molecular formula is C19H18F3N5OS.